The van der Waals surface area contributed by atoms with Crippen molar-refractivity contribution >= 4 is 5.91 Å². The lowest BCUT2D eigenvalue weighted by atomic mass is 9.93. The molecule has 0 spiro atoms. The lowest BCUT2D eigenvalue weighted by Crippen LogP contribution is -2.41. The van der Waals surface area contributed by atoms with Crippen molar-refractivity contribution in [1.82, 2.24) is 20.3 Å². The van der Waals surface area contributed by atoms with Crippen LogP contribution < -0.4 is 5.32 Å². The van der Waals surface area contributed by atoms with Crippen LogP contribution >= 0.6 is 0 Å². The fourth-order valence-corrected chi connectivity index (χ4v) is 2.10. The Hall–Kier alpha value is -2.87. The summed E-state index contributed by atoms with van der Waals surface area (Å²) in [6.45, 7) is -0.102. The first-order chi connectivity index (χ1) is 10.6. The molecule has 0 saturated carbocycles. The molecule has 3 rings (SSSR count). The Labute approximate surface area is 125 Å². The second-order valence-electron chi connectivity index (χ2n) is 4.81. The van der Waals surface area contributed by atoms with E-state index >= 15 is 0 Å². The molecule has 2 N–H and O–H groups in total. The number of aromatic nitrogens is 3. The van der Waals surface area contributed by atoms with Gasteiger partial charge in [-0.15, -0.1) is 5.10 Å². The van der Waals surface area contributed by atoms with Gasteiger partial charge in [0.15, 0.2) is 11.3 Å². The van der Waals surface area contributed by atoms with Crippen molar-refractivity contribution in [1.29, 1.82) is 0 Å². The number of amides is 1. The van der Waals surface area contributed by atoms with Gasteiger partial charge in [0.1, 0.15) is 5.76 Å². The molecule has 0 aliphatic carbocycles. The van der Waals surface area contributed by atoms with Crippen molar-refractivity contribution in [3.8, 4) is 0 Å². The van der Waals surface area contributed by atoms with Crippen molar-refractivity contribution in [2.75, 3.05) is 6.54 Å². The first-order valence-corrected chi connectivity index (χ1v) is 6.53. The minimum atomic E-state index is -1.53. The first-order valence-electron chi connectivity index (χ1n) is 6.53. The van der Waals surface area contributed by atoms with Crippen LogP contribution in [0.3, 0.4) is 0 Å². The summed E-state index contributed by atoms with van der Waals surface area (Å²) >= 11 is 0. The molecule has 3 aromatic heterocycles. The van der Waals surface area contributed by atoms with Gasteiger partial charge >= 0.3 is 0 Å². The third-order valence-electron chi connectivity index (χ3n) is 3.27. The molecule has 1 amide bonds. The molecule has 8 nitrogen and oxygen atoms in total. The van der Waals surface area contributed by atoms with Crippen molar-refractivity contribution < 1.29 is 18.7 Å². The average Bonchev–Trinajstić information content (AvgIpc) is 3.24. The van der Waals surface area contributed by atoms with E-state index in [2.05, 4.69) is 15.6 Å². The van der Waals surface area contributed by atoms with Crippen LogP contribution in [0.4, 0.5) is 0 Å². The molecular formula is C14H14N4O4. The number of carbonyl (C=O) groups is 1. The quantitative estimate of drug-likeness (QED) is 0.717. The molecule has 0 fully saturated rings. The Morgan fingerprint density at radius 1 is 1.45 bits per heavy atom. The molecule has 3 heterocycles. The highest BCUT2D eigenvalue weighted by Gasteiger charge is 2.36. The minimum Gasteiger partial charge on any atom is -0.472 e. The van der Waals surface area contributed by atoms with Gasteiger partial charge in [-0.3, -0.25) is 9.48 Å². The van der Waals surface area contributed by atoms with Crippen LogP contribution in [0.25, 0.3) is 0 Å². The predicted octanol–water partition coefficient (Wildman–Crippen LogP) is 0.667. The van der Waals surface area contributed by atoms with Crippen LogP contribution in [-0.4, -0.2) is 32.6 Å². The Morgan fingerprint density at radius 3 is 2.91 bits per heavy atom. The van der Waals surface area contributed by atoms with Gasteiger partial charge in [0, 0.05) is 12.6 Å². The van der Waals surface area contributed by atoms with Gasteiger partial charge in [0.2, 0.25) is 0 Å². The van der Waals surface area contributed by atoms with Crippen molar-refractivity contribution in [3.05, 3.63) is 60.2 Å². The zero-order chi connectivity index (χ0) is 15.6. The lowest BCUT2D eigenvalue weighted by Gasteiger charge is -2.24. The van der Waals surface area contributed by atoms with Gasteiger partial charge in [0.25, 0.3) is 5.91 Å². The van der Waals surface area contributed by atoms with Crippen LogP contribution in [0.1, 0.15) is 21.8 Å². The molecule has 1 atom stereocenters. The first kappa shape index (κ1) is 14.1. The average molecular weight is 302 g/mol. The van der Waals surface area contributed by atoms with E-state index in [1.807, 2.05) is 0 Å². The van der Waals surface area contributed by atoms with Crippen LogP contribution in [0.2, 0.25) is 0 Å². The Balaban J connectivity index is 1.81. The molecule has 3 aromatic rings. The highest BCUT2D eigenvalue weighted by atomic mass is 16.4. The second kappa shape index (κ2) is 5.49. The topological polar surface area (TPSA) is 106 Å². The zero-order valence-electron chi connectivity index (χ0n) is 11.8. The number of nitrogens with zero attached hydrogens (tertiary/aromatic N) is 3. The van der Waals surface area contributed by atoms with E-state index in [1.165, 1.54) is 29.7 Å². The SMILES string of the molecule is Cn1cc(C(=O)NC[C@](O)(c2ccoc2)c2ccco2)nn1. The van der Waals surface area contributed by atoms with Crippen LogP contribution in [0.5, 0.6) is 0 Å². The molecule has 0 radical (unpaired) electrons. The molecule has 0 unspecified atom stereocenters. The summed E-state index contributed by atoms with van der Waals surface area (Å²) in [5.74, 6) is -0.144. The fourth-order valence-electron chi connectivity index (χ4n) is 2.10. The van der Waals surface area contributed by atoms with Crippen molar-refractivity contribution in [2.24, 2.45) is 7.05 Å². The normalized spacial score (nSPS) is 13.7. The fraction of sp³-hybridized carbons (Fsp3) is 0.214. The van der Waals surface area contributed by atoms with Crippen molar-refractivity contribution in [3.63, 3.8) is 0 Å². The van der Waals surface area contributed by atoms with E-state index in [-0.39, 0.29) is 12.2 Å². The van der Waals surface area contributed by atoms with Crippen LogP contribution in [-0.2, 0) is 12.6 Å². The van der Waals surface area contributed by atoms with E-state index in [0.717, 1.165) is 0 Å². The lowest BCUT2D eigenvalue weighted by molar-refractivity contribution is 0.0519. The molecule has 114 valence electrons. The largest absolute Gasteiger partial charge is 0.472 e. The van der Waals surface area contributed by atoms with Gasteiger partial charge in [-0.2, -0.15) is 0 Å². The Morgan fingerprint density at radius 2 is 2.32 bits per heavy atom. The molecular weight excluding hydrogens is 288 g/mol. The monoisotopic (exact) mass is 302 g/mol. The summed E-state index contributed by atoms with van der Waals surface area (Å²) in [7, 11) is 1.66. The molecule has 22 heavy (non-hydrogen) atoms. The smallest absolute Gasteiger partial charge is 0.273 e. The molecule has 8 heteroatoms. The van der Waals surface area contributed by atoms with Gasteiger partial charge in [-0.1, -0.05) is 5.21 Å². The molecule has 0 bridgehead atoms. The third kappa shape index (κ3) is 2.51. The molecule has 0 aliphatic rings. The van der Waals surface area contributed by atoms with E-state index in [9.17, 15) is 9.90 Å². The van der Waals surface area contributed by atoms with Gasteiger partial charge < -0.3 is 19.3 Å². The second-order valence-corrected chi connectivity index (χ2v) is 4.81. The van der Waals surface area contributed by atoms with Gasteiger partial charge in [-0.05, 0) is 18.2 Å². The highest BCUT2D eigenvalue weighted by molar-refractivity contribution is 5.91. The third-order valence-corrected chi connectivity index (χ3v) is 3.27. The molecule has 0 aliphatic heterocycles. The zero-order valence-corrected chi connectivity index (χ0v) is 11.8. The number of furan rings is 2. The summed E-state index contributed by atoms with van der Waals surface area (Å²) in [4.78, 5) is 12.1. The van der Waals surface area contributed by atoms with Gasteiger partial charge in [0.05, 0.1) is 31.5 Å². The number of hydrogen-bond donors (Lipinski definition) is 2. The van der Waals surface area contributed by atoms with E-state index < -0.39 is 11.5 Å². The van der Waals surface area contributed by atoms with Crippen LogP contribution in [0, 0.1) is 0 Å². The number of rotatable bonds is 5. The predicted molar refractivity (Wildman–Crippen MR) is 73.8 cm³/mol. The van der Waals surface area contributed by atoms with Crippen LogP contribution in [0.15, 0.2) is 52.0 Å². The van der Waals surface area contributed by atoms with Crippen molar-refractivity contribution in [2.45, 2.75) is 5.60 Å². The number of hydrogen-bond acceptors (Lipinski definition) is 6. The number of carbonyl (C=O) groups excluding carboxylic acids is 1. The molecule has 0 saturated heterocycles. The van der Waals surface area contributed by atoms with E-state index in [1.54, 1.807) is 25.2 Å². The van der Waals surface area contributed by atoms with Gasteiger partial charge in [-0.25, -0.2) is 0 Å². The maximum atomic E-state index is 12.1. The highest BCUT2D eigenvalue weighted by Crippen LogP contribution is 2.29. The number of aliphatic hydroxyl groups is 1. The summed E-state index contributed by atoms with van der Waals surface area (Å²) in [6, 6.07) is 4.89. The minimum absolute atomic E-state index is 0.102. The Bertz CT molecular complexity index is 712. The summed E-state index contributed by atoms with van der Waals surface area (Å²) in [5.41, 5.74) is -0.896. The van der Waals surface area contributed by atoms with E-state index in [4.69, 9.17) is 8.83 Å². The maximum Gasteiger partial charge on any atom is 0.273 e. The standard InChI is InChI=1S/C14H14N4O4/c1-18-7-11(16-17-18)13(19)15-9-14(20,10-4-6-21-8-10)12-3-2-5-22-12/h2-8,20H,9H2,1H3,(H,15,19)/t14-/m0/s1. The summed E-state index contributed by atoms with van der Waals surface area (Å²) in [5, 5.41) is 21.0. The Kier molecular flexibility index (Phi) is 3.51. The number of nitrogens with one attached hydrogen (secondary N) is 1. The summed E-state index contributed by atoms with van der Waals surface area (Å²) in [6.07, 6.45) is 5.77. The maximum absolute atomic E-state index is 12.1. The molecule has 0 aromatic carbocycles. The summed E-state index contributed by atoms with van der Waals surface area (Å²) < 4.78 is 11.7. The van der Waals surface area contributed by atoms with E-state index in [0.29, 0.717) is 11.3 Å². The number of aryl methyl sites for hydroxylation is 1.